The standard InChI is InChI=1S/C11H9N3O3.ClH/c12-11(13)10-6-5-9(17-10)7-3-1-2-4-8(7)14(15)16;/h1-6H,(H3,12,13);1H. The summed E-state index contributed by atoms with van der Waals surface area (Å²) >= 11 is 0. The Morgan fingerprint density at radius 3 is 2.50 bits per heavy atom. The van der Waals surface area contributed by atoms with E-state index in [1.54, 1.807) is 24.3 Å². The molecule has 0 atom stereocenters. The number of nitrogens with one attached hydrogen (secondary N) is 1. The molecule has 0 aliphatic carbocycles. The Morgan fingerprint density at radius 2 is 1.94 bits per heavy atom. The number of rotatable bonds is 3. The van der Waals surface area contributed by atoms with Gasteiger partial charge in [-0.25, -0.2) is 0 Å². The van der Waals surface area contributed by atoms with E-state index in [9.17, 15) is 10.1 Å². The van der Waals surface area contributed by atoms with E-state index < -0.39 is 4.92 Å². The van der Waals surface area contributed by atoms with Crippen LogP contribution < -0.4 is 5.73 Å². The fourth-order valence-electron chi connectivity index (χ4n) is 1.47. The van der Waals surface area contributed by atoms with Gasteiger partial charge in [0.25, 0.3) is 5.69 Å². The van der Waals surface area contributed by atoms with Crippen LogP contribution in [0.4, 0.5) is 5.69 Å². The van der Waals surface area contributed by atoms with Gasteiger partial charge >= 0.3 is 0 Å². The van der Waals surface area contributed by atoms with Gasteiger partial charge in [-0.1, -0.05) is 12.1 Å². The SMILES string of the molecule is Cl.N=C(N)c1ccc(-c2ccccc2[N+](=O)[O-])o1. The number of nitro groups is 1. The second-order valence-electron chi connectivity index (χ2n) is 3.35. The highest BCUT2D eigenvalue weighted by atomic mass is 35.5. The predicted octanol–water partition coefficient (Wildman–Crippen LogP) is 2.56. The average Bonchev–Trinajstić information content (AvgIpc) is 2.78. The van der Waals surface area contributed by atoms with Crippen LogP contribution in [0.3, 0.4) is 0 Å². The number of nitrogen functional groups attached to an aromatic ring is 1. The summed E-state index contributed by atoms with van der Waals surface area (Å²) in [7, 11) is 0. The van der Waals surface area contributed by atoms with Gasteiger partial charge in [0.15, 0.2) is 11.6 Å². The molecule has 0 bridgehead atoms. The van der Waals surface area contributed by atoms with Gasteiger partial charge in [0.05, 0.1) is 10.5 Å². The summed E-state index contributed by atoms with van der Waals surface area (Å²) in [5.41, 5.74) is 5.58. The molecule has 1 heterocycles. The van der Waals surface area contributed by atoms with Crippen LogP contribution in [0.5, 0.6) is 0 Å². The molecule has 0 spiro atoms. The first-order valence-electron chi connectivity index (χ1n) is 4.77. The van der Waals surface area contributed by atoms with Crippen LogP contribution >= 0.6 is 12.4 Å². The average molecular weight is 268 g/mol. The third-order valence-corrected chi connectivity index (χ3v) is 2.24. The van der Waals surface area contributed by atoms with Crippen LogP contribution in [0, 0.1) is 15.5 Å². The Kier molecular flexibility index (Phi) is 4.06. The van der Waals surface area contributed by atoms with Crippen LogP contribution in [0.15, 0.2) is 40.8 Å². The molecule has 0 fully saturated rings. The zero-order valence-electron chi connectivity index (χ0n) is 9.12. The Hall–Kier alpha value is -2.34. The summed E-state index contributed by atoms with van der Waals surface area (Å²) in [4.78, 5) is 10.4. The maximum atomic E-state index is 10.8. The maximum Gasteiger partial charge on any atom is 0.280 e. The lowest BCUT2D eigenvalue weighted by molar-refractivity contribution is -0.384. The molecule has 1 aromatic carbocycles. The van der Waals surface area contributed by atoms with Crippen molar-refractivity contribution in [1.82, 2.24) is 0 Å². The summed E-state index contributed by atoms with van der Waals surface area (Å²) in [6.07, 6.45) is 0. The summed E-state index contributed by atoms with van der Waals surface area (Å²) in [5, 5.41) is 18.0. The quantitative estimate of drug-likeness (QED) is 0.386. The summed E-state index contributed by atoms with van der Waals surface area (Å²) in [6, 6.07) is 9.30. The molecular formula is C11H10ClN3O3. The second kappa shape index (κ2) is 5.33. The van der Waals surface area contributed by atoms with Gasteiger partial charge in [0, 0.05) is 6.07 Å². The molecule has 3 N–H and O–H groups in total. The zero-order chi connectivity index (χ0) is 12.4. The molecule has 2 rings (SSSR count). The molecule has 0 radical (unpaired) electrons. The van der Waals surface area contributed by atoms with E-state index in [2.05, 4.69) is 0 Å². The van der Waals surface area contributed by atoms with Gasteiger partial charge in [-0.3, -0.25) is 15.5 Å². The second-order valence-corrected chi connectivity index (χ2v) is 3.35. The van der Waals surface area contributed by atoms with E-state index in [1.807, 2.05) is 0 Å². The van der Waals surface area contributed by atoms with E-state index >= 15 is 0 Å². The molecule has 0 saturated carbocycles. The number of halogens is 1. The third-order valence-electron chi connectivity index (χ3n) is 2.24. The molecule has 0 unspecified atom stereocenters. The topological polar surface area (TPSA) is 106 Å². The fraction of sp³-hybridized carbons (Fsp3) is 0. The van der Waals surface area contributed by atoms with Crippen molar-refractivity contribution in [1.29, 1.82) is 5.41 Å². The van der Waals surface area contributed by atoms with Gasteiger partial charge in [0.2, 0.25) is 0 Å². The number of amidine groups is 1. The number of para-hydroxylation sites is 1. The Balaban J connectivity index is 0.00000162. The van der Waals surface area contributed by atoms with Crippen molar-refractivity contribution in [2.24, 2.45) is 5.73 Å². The fourth-order valence-corrected chi connectivity index (χ4v) is 1.47. The van der Waals surface area contributed by atoms with Gasteiger partial charge in [-0.15, -0.1) is 12.4 Å². The summed E-state index contributed by atoms with van der Waals surface area (Å²) in [6.45, 7) is 0. The number of nitrogens with two attached hydrogens (primary N) is 1. The molecule has 0 aliphatic rings. The molecule has 2 aromatic rings. The highest BCUT2D eigenvalue weighted by Crippen LogP contribution is 2.30. The van der Waals surface area contributed by atoms with Crippen molar-refractivity contribution in [3.05, 3.63) is 52.3 Å². The molecule has 0 aliphatic heterocycles. The summed E-state index contributed by atoms with van der Waals surface area (Å²) in [5.74, 6) is 0.301. The Morgan fingerprint density at radius 1 is 1.28 bits per heavy atom. The first-order valence-corrected chi connectivity index (χ1v) is 4.77. The lowest BCUT2D eigenvalue weighted by atomic mass is 10.1. The first kappa shape index (κ1) is 13.7. The van der Waals surface area contributed by atoms with Crippen molar-refractivity contribution in [2.75, 3.05) is 0 Å². The number of benzene rings is 1. The van der Waals surface area contributed by atoms with Gasteiger partial charge in [-0.05, 0) is 18.2 Å². The van der Waals surface area contributed by atoms with Crippen molar-refractivity contribution < 1.29 is 9.34 Å². The molecule has 0 amide bonds. The Labute approximate surface area is 108 Å². The minimum absolute atomic E-state index is 0. The molecular weight excluding hydrogens is 258 g/mol. The number of furan rings is 1. The van der Waals surface area contributed by atoms with Gasteiger partial charge in [-0.2, -0.15) is 0 Å². The summed E-state index contributed by atoms with van der Waals surface area (Å²) < 4.78 is 5.27. The lowest BCUT2D eigenvalue weighted by Crippen LogP contribution is -2.09. The highest BCUT2D eigenvalue weighted by Gasteiger charge is 2.17. The largest absolute Gasteiger partial charge is 0.453 e. The van der Waals surface area contributed by atoms with Crippen LogP contribution in [0.2, 0.25) is 0 Å². The number of hydrogen-bond donors (Lipinski definition) is 2. The molecule has 7 heteroatoms. The van der Waals surface area contributed by atoms with Gasteiger partial charge in [0.1, 0.15) is 5.76 Å². The van der Waals surface area contributed by atoms with E-state index in [0.29, 0.717) is 11.3 Å². The maximum absolute atomic E-state index is 10.8. The van der Waals surface area contributed by atoms with E-state index in [1.165, 1.54) is 12.1 Å². The van der Waals surface area contributed by atoms with Gasteiger partial charge < -0.3 is 10.2 Å². The number of hydrogen-bond acceptors (Lipinski definition) is 4. The van der Waals surface area contributed by atoms with Crippen molar-refractivity contribution in [3.63, 3.8) is 0 Å². The lowest BCUT2D eigenvalue weighted by Gasteiger charge is -1.98. The predicted molar refractivity (Wildman–Crippen MR) is 69.1 cm³/mol. The smallest absolute Gasteiger partial charge is 0.280 e. The number of nitro benzene ring substituents is 1. The van der Waals surface area contributed by atoms with E-state index in [4.69, 9.17) is 15.6 Å². The molecule has 18 heavy (non-hydrogen) atoms. The molecule has 94 valence electrons. The molecule has 0 saturated heterocycles. The molecule has 1 aromatic heterocycles. The Bertz CT molecular complexity index is 595. The van der Waals surface area contributed by atoms with Crippen LogP contribution in [0.1, 0.15) is 5.76 Å². The highest BCUT2D eigenvalue weighted by molar-refractivity contribution is 5.92. The minimum Gasteiger partial charge on any atom is -0.453 e. The minimum atomic E-state index is -0.481. The monoisotopic (exact) mass is 267 g/mol. The third kappa shape index (κ3) is 2.49. The van der Waals surface area contributed by atoms with Crippen LogP contribution in [-0.2, 0) is 0 Å². The van der Waals surface area contributed by atoms with Crippen molar-refractivity contribution in [2.45, 2.75) is 0 Å². The molecule has 6 nitrogen and oxygen atoms in total. The van der Waals surface area contributed by atoms with Crippen molar-refractivity contribution in [3.8, 4) is 11.3 Å². The van der Waals surface area contributed by atoms with Crippen LogP contribution in [-0.4, -0.2) is 10.8 Å². The first-order chi connectivity index (χ1) is 8.09. The normalized spacial score (nSPS) is 9.56. The van der Waals surface area contributed by atoms with Crippen LogP contribution in [0.25, 0.3) is 11.3 Å². The van der Waals surface area contributed by atoms with Crippen molar-refractivity contribution >= 4 is 23.9 Å². The van der Waals surface area contributed by atoms with E-state index in [0.717, 1.165) is 0 Å². The zero-order valence-corrected chi connectivity index (χ0v) is 9.94. The van der Waals surface area contributed by atoms with E-state index in [-0.39, 0.29) is 29.7 Å². The number of nitrogens with zero attached hydrogens (tertiary/aromatic N) is 1.